The number of aromatic nitrogens is 1. The molecule has 2 aromatic rings. The number of aryl methyl sites for hydroxylation is 2. The third-order valence-electron chi connectivity index (χ3n) is 3.56. The van der Waals surface area contributed by atoms with Gasteiger partial charge >= 0.3 is 0 Å². The maximum Gasteiger partial charge on any atom is 0.251 e. The van der Waals surface area contributed by atoms with Crippen molar-refractivity contribution in [3.05, 3.63) is 64.5 Å². The van der Waals surface area contributed by atoms with Crippen LogP contribution in [0.25, 0.3) is 0 Å². The predicted octanol–water partition coefficient (Wildman–Crippen LogP) is 2.78. The molecule has 102 valence electrons. The van der Waals surface area contributed by atoms with Crippen molar-refractivity contribution in [3.8, 4) is 0 Å². The Morgan fingerprint density at radius 1 is 1.20 bits per heavy atom. The van der Waals surface area contributed by atoms with Gasteiger partial charge in [0.05, 0.1) is 5.75 Å². The van der Waals surface area contributed by atoms with Gasteiger partial charge in [-0.25, -0.2) is 0 Å². The van der Waals surface area contributed by atoms with Crippen LogP contribution < -0.4 is 4.73 Å². The van der Waals surface area contributed by atoms with Crippen LogP contribution >= 0.6 is 11.8 Å². The van der Waals surface area contributed by atoms with Crippen LogP contribution in [-0.2, 0) is 12.8 Å². The third-order valence-corrected chi connectivity index (χ3v) is 4.58. The van der Waals surface area contributed by atoms with Gasteiger partial charge < -0.3 is 5.21 Å². The van der Waals surface area contributed by atoms with Crippen molar-refractivity contribution in [2.75, 3.05) is 5.75 Å². The van der Waals surface area contributed by atoms with E-state index >= 15 is 0 Å². The van der Waals surface area contributed by atoms with E-state index in [-0.39, 0.29) is 5.78 Å². The first-order chi connectivity index (χ1) is 9.74. The molecular weight excluding hydrogens is 270 g/mol. The lowest BCUT2D eigenvalue weighted by molar-refractivity contribution is -0.645. The monoisotopic (exact) mass is 285 g/mol. The molecule has 4 heteroatoms. The molecule has 0 unspecified atom stereocenters. The molecule has 0 saturated heterocycles. The molecule has 1 aromatic heterocycles. The van der Waals surface area contributed by atoms with E-state index in [1.54, 1.807) is 18.2 Å². The number of benzene rings is 1. The Hall–Kier alpha value is -1.81. The van der Waals surface area contributed by atoms with Crippen LogP contribution in [-0.4, -0.2) is 11.5 Å². The topological polar surface area (TPSA) is 44.0 Å². The molecule has 1 heterocycles. The fourth-order valence-corrected chi connectivity index (χ4v) is 3.30. The fourth-order valence-electron chi connectivity index (χ4n) is 2.49. The summed E-state index contributed by atoms with van der Waals surface area (Å²) < 4.78 is 0.792. The van der Waals surface area contributed by atoms with E-state index < -0.39 is 0 Å². The van der Waals surface area contributed by atoms with Crippen LogP contribution in [0.5, 0.6) is 0 Å². The van der Waals surface area contributed by atoms with Gasteiger partial charge in [-0.3, -0.25) is 4.79 Å². The second-order valence-corrected chi connectivity index (χ2v) is 5.91. The molecule has 1 aliphatic carbocycles. The quantitative estimate of drug-likeness (QED) is 0.375. The number of hydrogen-bond acceptors (Lipinski definition) is 3. The fraction of sp³-hybridized carbons (Fsp3) is 0.250. The minimum atomic E-state index is 0.0774. The van der Waals surface area contributed by atoms with Crippen LogP contribution in [0.15, 0.2) is 47.6 Å². The van der Waals surface area contributed by atoms with Gasteiger partial charge in [0, 0.05) is 17.7 Å². The molecule has 0 aliphatic heterocycles. The summed E-state index contributed by atoms with van der Waals surface area (Å²) in [6.45, 7) is 0. The number of thioether (sulfide) groups is 1. The maximum atomic E-state index is 12.2. The smallest absolute Gasteiger partial charge is 0.251 e. The van der Waals surface area contributed by atoms with Gasteiger partial charge in [0.1, 0.15) is 0 Å². The third kappa shape index (κ3) is 2.70. The molecule has 0 N–H and O–H groups in total. The van der Waals surface area contributed by atoms with E-state index in [9.17, 15) is 10.0 Å². The van der Waals surface area contributed by atoms with E-state index in [1.165, 1.54) is 35.5 Å². The summed E-state index contributed by atoms with van der Waals surface area (Å²) in [5.74, 6) is 0.374. The number of hydrogen-bond donors (Lipinski definition) is 0. The Kier molecular flexibility index (Phi) is 3.74. The van der Waals surface area contributed by atoms with Crippen molar-refractivity contribution in [3.63, 3.8) is 0 Å². The van der Waals surface area contributed by atoms with Crippen LogP contribution in [0.2, 0.25) is 0 Å². The van der Waals surface area contributed by atoms with Crippen molar-refractivity contribution < 1.29 is 9.52 Å². The maximum absolute atomic E-state index is 12.2. The Labute approximate surface area is 122 Å². The van der Waals surface area contributed by atoms with E-state index in [2.05, 4.69) is 6.07 Å². The normalized spacial score (nSPS) is 13.2. The minimum Gasteiger partial charge on any atom is -0.618 e. The Morgan fingerprint density at radius 3 is 2.90 bits per heavy atom. The zero-order valence-electron chi connectivity index (χ0n) is 11.0. The standard InChI is InChI=1S/C16H15NO2S/c18-15(11-20-16-6-1-2-9-17(16)19)14-8-7-12-4-3-5-13(12)10-14/h1-2,6-10H,3-5,11H2. The van der Waals surface area contributed by atoms with Gasteiger partial charge in [0.2, 0.25) is 0 Å². The average molecular weight is 285 g/mol. The molecule has 1 aliphatic rings. The van der Waals surface area contributed by atoms with Gasteiger partial charge in [-0.05, 0) is 54.3 Å². The van der Waals surface area contributed by atoms with Crippen molar-refractivity contribution in [1.29, 1.82) is 0 Å². The van der Waals surface area contributed by atoms with Crippen molar-refractivity contribution in [2.24, 2.45) is 0 Å². The lowest BCUT2D eigenvalue weighted by Gasteiger charge is -2.05. The molecule has 3 rings (SSSR count). The zero-order valence-corrected chi connectivity index (χ0v) is 11.9. The number of ketones is 1. The second kappa shape index (κ2) is 5.67. The Morgan fingerprint density at radius 2 is 2.05 bits per heavy atom. The highest BCUT2D eigenvalue weighted by molar-refractivity contribution is 7.99. The number of carbonyl (C=O) groups excluding carboxylic acids is 1. The van der Waals surface area contributed by atoms with Crippen LogP contribution in [0, 0.1) is 5.21 Å². The summed E-state index contributed by atoms with van der Waals surface area (Å²) in [5, 5.41) is 12.1. The summed E-state index contributed by atoms with van der Waals surface area (Å²) in [5.41, 5.74) is 3.43. The summed E-state index contributed by atoms with van der Waals surface area (Å²) in [6.07, 6.45) is 4.83. The lowest BCUT2D eigenvalue weighted by atomic mass is 10.0. The first kappa shape index (κ1) is 13.2. The largest absolute Gasteiger partial charge is 0.618 e. The summed E-state index contributed by atoms with van der Waals surface area (Å²) >= 11 is 1.28. The van der Waals surface area contributed by atoms with Crippen LogP contribution in [0.1, 0.15) is 27.9 Å². The molecule has 0 amide bonds. The zero-order chi connectivity index (χ0) is 13.9. The highest BCUT2D eigenvalue weighted by Gasteiger charge is 2.15. The second-order valence-electron chi connectivity index (χ2n) is 4.91. The summed E-state index contributed by atoms with van der Waals surface area (Å²) in [4.78, 5) is 12.2. The number of fused-ring (bicyclic) bond motifs is 1. The van der Waals surface area contributed by atoms with Crippen molar-refractivity contribution >= 4 is 17.5 Å². The van der Waals surface area contributed by atoms with E-state index in [4.69, 9.17) is 0 Å². The lowest BCUT2D eigenvalue weighted by Crippen LogP contribution is -2.28. The molecule has 20 heavy (non-hydrogen) atoms. The van der Waals surface area contributed by atoms with Gasteiger partial charge in [0.15, 0.2) is 12.0 Å². The first-order valence-corrected chi connectivity index (χ1v) is 7.68. The van der Waals surface area contributed by atoms with Gasteiger partial charge in [-0.2, -0.15) is 4.73 Å². The van der Waals surface area contributed by atoms with Crippen LogP contribution in [0.4, 0.5) is 0 Å². The average Bonchev–Trinajstić information content (AvgIpc) is 2.93. The molecule has 0 fully saturated rings. The molecule has 1 aromatic carbocycles. The molecule has 3 nitrogen and oxygen atoms in total. The van der Waals surface area contributed by atoms with Crippen molar-refractivity contribution in [2.45, 2.75) is 24.3 Å². The summed E-state index contributed by atoms with van der Waals surface area (Å²) in [7, 11) is 0. The van der Waals surface area contributed by atoms with Crippen molar-refractivity contribution in [1.82, 2.24) is 0 Å². The Balaban J connectivity index is 1.69. The minimum absolute atomic E-state index is 0.0774. The van der Waals surface area contributed by atoms with E-state index in [0.29, 0.717) is 10.8 Å². The number of nitrogens with zero attached hydrogens (tertiary/aromatic N) is 1. The van der Waals surface area contributed by atoms with Gasteiger partial charge in [-0.1, -0.05) is 12.1 Å². The highest BCUT2D eigenvalue weighted by atomic mass is 32.2. The molecule has 0 spiro atoms. The summed E-state index contributed by atoms with van der Waals surface area (Å²) in [6, 6.07) is 11.2. The highest BCUT2D eigenvalue weighted by Crippen LogP contribution is 2.24. The van der Waals surface area contributed by atoms with Gasteiger partial charge in [-0.15, -0.1) is 0 Å². The van der Waals surface area contributed by atoms with E-state index in [1.807, 2.05) is 12.1 Å². The Bertz CT molecular complexity index is 655. The first-order valence-electron chi connectivity index (χ1n) is 6.70. The molecule has 0 atom stereocenters. The number of rotatable bonds is 4. The number of Topliss-reactive ketones (excluding diaryl/α,β-unsaturated/α-hetero) is 1. The molecule has 0 bridgehead atoms. The number of carbonyl (C=O) groups is 1. The van der Waals surface area contributed by atoms with E-state index in [0.717, 1.165) is 23.1 Å². The van der Waals surface area contributed by atoms with Gasteiger partial charge in [0.25, 0.3) is 5.03 Å². The predicted molar refractivity (Wildman–Crippen MR) is 78.9 cm³/mol. The molecule has 0 radical (unpaired) electrons. The number of pyridine rings is 1. The molecular formula is C16H15NO2S. The SMILES string of the molecule is O=C(CSc1cccc[n+]1[O-])c1ccc2c(c1)CCC2. The molecule has 0 saturated carbocycles. The van der Waals surface area contributed by atoms with Crippen LogP contribution in [0.3, 0.4) is 0 Å².